The van der Waals surface area contributed by atoms with Crippen molar-refractivity contribution in [3.8, 4) is 11.3 Å². The lowest BCUT2D eigenvalue weighted by Gasteiger charge is -2.11. The minimum Gasteiger partial charge on any atom is -0.384 e. The summed E-state index contributed by atoms with van der Waals surface area (Å²) in [7, 11) is 0. The lowest BCUT2D eigenvalue weighted by Crippen LogP contribution is -2.34. The number of nitrogens with one attached hydrogen (secondary N) is 1. The van der Waals surface area contributed by atoms with Crippen LogP contribution in [0.25, 0.3) is 11.3 Å². The average Bonchev–Trinajstić information content (AvgIpc) is 2.99. The molecule has 1 aliphatic heterocycles. The molecule has 1 saturated heterocycles. The van der Waals surface area contributed by atoms with Crippen LogP contribution in [0.5, 0.6) is 0 Å². The number of carbonyl (C=O) groups excluding carboxylic acids is 1. The van der Waals surface area contributed by atoms with E-state index in [1.54, 1.807) is 30.3 Å². The highest BCUT2D eigenvalue weighted by Crippen LogP contribution is 2.20. The van der Waals surface area contributed by atoms with Gasteiger partial charge in [0.1, 0.15) is 5.82 Å². The number of hydrogen-bond acceptors (Lipinski definition) is 6. The number of ether oxygens (including phenoxy) is 1. The Balaban J connectivity index is 1.75. The van der Waals surface area contributed by atoms with Gasteiger partial charge in [-0.1, -0.05) is 12.1 Å². The first-order valence-electron chi connectivity index (χ1n) is 7.01. The topological polar surface area (TPSA) is 116 Å². The second-order valence-corrected chi connectivity index (χ2v) is 5.15. The highest BCUT2D eigenvalue weighted by Gasteiger charge is 2.18. The zero-order valence-corrected chi connectivity index (χ0v) is 12.0. The number of nitrogens with zero attached hydrogens (tertiary/aromatic N) is 2. The number of amides is 1. The number of hydrogen-bond donors (Lipinski definition) is 3. The van der Waals surface area contributed by atoms with Gasteiger partial charge < -0.3 is 21.5 Å². The second-order valence-electron chi connectivity index (χ2n) is 5.15. The molecule has 0 radical (unpaired) electrons. The van der Waals surface area contributed by atoms with Gasteiger partial charge in [0.2, 0.25) is 5.95 Å². The molecule has 1 fully saturated rings. The molecule has 1 aromatic carbocycles. The Kier molecular flexibility index (Phi) is 3.88. The first-order valence-corrected chi connectivity index (χ1v) is 7.01. The van der Waals surface area contributed by atoms with Gasteiger partial charge in [-0.05, 0) is 18.6 Å². The van der Waals surface area contributed by atoms with Gasteiger partial charge in [0.15, 0.2) is 0 Å². The van der Waals surface area contributed by atoms with Gasteiger partial charge in [0.25, 0.3) is 5.91 Å². The molecule has 2 heterocycles. The van der Waals surface area contributed by atoms with E-state index in [2.05, 4.69) is 15.3 Å². The number of benzene rings is 1. The van der Waals surface area contributed by atoms with Gasteiger partial charge in [0.05, 0.1) is 18.3 Å². The summed E-state index contributed by atoms with van der Waals surface area (Å²) in [6, 6.07) is 8.84. The smallest absolute Gasteiger partial charge is 0.251 e. The first-order chi connectivity index (χ1) is 10.6. The van der Waals surface area contributed by atoms with Crippen molar-refractivity contribution in [2.24, 2.45) is 0 Å². The van der Waals surface area contributed by atoms with Gasteiger partial charge in [-0.2, -0.15) is 4.98 Å². The molecule has 0 unspecified atom stereocenters. The van der Waals surface area contributed by atoms with Crippen LogP contribution in [0.2, 0.25) is 0 Å². The van der Waals surface area contributed by atoms with Crippen molar-refractivity contribution < 1.29 is 9.53 Å². The third kappa shape index (κ3) is 3.15. The molecule has 0 aliphatic carbocycles. The molecule has 1 amide bonds. The van der Waals surface area contributed by atoms with E-state index < -0.39 is 0 Å². The Labute approximate surface area is 127 Å². The molecule has 0 bridgehead atoms. The Hall–Kier alpha value is -2.67. The van der Waals surface area contributed by atoms with Crippen LogP contribution < -0.4 is 16.8 Å². The molecule has 7 nitrogen and oxygen atoms in total. The van der Waals surface area contributed by atoms with Crippen LogP contribution in [-0.2, 0) is 4.74 Å². The summed E-state index contributed by atoms with van der Waals surface area (Å²) in [5, 5.41) is 2.94. The van der Waals surface area contributed by atoms with E-state index >= 15 is 0 Å². The SMILES string of the molecule is Nc1cc(-c2ccc(C(=O)N[C@H]3CCOC3)cc2)nc(N)n1. The molecule has 114 valence electrons. The molecule has 22 heavy (non-hydrogen) atoms. The van der Waals surface area contributed by atoms with E-state index in [0.29, 0.717) is 30.3 Å². The quantitative estimate of drug-likeness (QED) is 0.773. The number of nitrogens with two attached hydrogens (primary N) is 2. The van der Waals surface area contributed by atoms with Gasteiger partial charge >= 0.3 is 0 Å². The fourth-order valence-corrected chi connectivity index (χ4v) is 2.34. The van der Waals surface area contributed by atoms with E-state index in [0.717, 1.165) is 12.0 Å². The van der Waals surface area contributed by atoms with Crippen molar-refractivity contribution in [3.05, 3.63) is 35.9 Å². The summed E-state index contributed by atoms with van der Waals surface area (Å²) < 4.78 is 5.24. The predicted molar refractivity (Wildman–Crippen MR) is 83.0 cm³/mol. The van der Waals surface area contributed by atoms with E-state index in [1.807, 2.05) is 0 Å². The monoisotopic (exact) mass is 299 g/mol. The normalized spacial score (nSPS) is 17.4. The fraction of sp³-hybridized carbons (Fsp3) is 0.267. The van der Waals surface area contributed by atoms with Crippen LogP contribution in [0.15, 0.2) is 30.3 Å². The molecular weight excluding hydrogens is 282 g/mol. The molecule has 7 heteroatoms. The van der Waals surface area contributed by atoms with Gasteiger partial charge in [0, 0.05) is 23.8 Å². The Morgan fingerprint density at radius 3 is 2.64 bits per heavy atom. The van der Waals surface area contributed by atoms with Crippen LogP contribution in [0.1, 0.15) is 16.8 Å². The van der Waals surface area contributed by atoms with E-state index in [-0.39, 0.29) is 17.9 Å². The Bertz CT molecular complexity index is 661. The maximum absolute atomic E-state index is 12.1. The summed E-state index contributed by atoms with van der Waals surface area (Å²) in [5.74, 6) is 0.326. The molecule has 0 saturated carbocycles. The molecule has 3 rings (SSSR count). The summed E-state index contributed by atoms with van der Waals surface area (Å²) in [4.78, 5) is 20.1. The van der Waals surface area contributed by atoms with Crippen LogP contribution in [-0.4, -0.2) is 35.1 Å². The van der Waals surface area contributed by atoms with Crippen molar-refractivity contribution in [2.75, 3.05) is 24.7 Å². The van der Waals surface area contributed by atoms with Crippen molar-refractivity contribution in [1.29, 1.82) is 0 Å². The summed E-state index contributed by atoms with van der Waals surface area (Å²) in [6.45, 7) is 1.27. The number of rotatable bonds is 3. The highest BCUT2D eigenvalue weighted by molar-refractivity contribution is 5.94. The maximum atomic E-state index is 12.1. The predicted octanol–water partition coefficient (Wildman–Crippen LogP) is 0.827. The zero-order chi connectivity index (χ0) is 15.5. The third-order valence-electron chi connectivity index (χ3n) is 3.47. The summed E-state index contributed by atoms with van der Waals surface area (Å²) >= 11 is 0. The second kappa shape index (κ2) is 5.98. The zero-order valence-electron chi connectivity index (χ0n) is 12.0. The molecule has 5 N–H and O–H groups in total. The number of carbonyl (C=O) groups is 1. The Morgan fingerprint density at radius 2 is 2.00 bits per heavy atom. The fourth-order valence-electron chi connectivity index (χ4n) is 2.34. The van der Waals surface area contributed by atoms with Crippen molar-refractivity contribution in [3.63, 3.8) is 0 Å². The molecular formula is C15H17N5O2. The van der Waals surface area contributed by atoms with E-state index in [4.69, 9.17) is 16.2 Å². The molecule has 2 aromatic rings. The number of nitrogen functional groups attached to an aromatic ring is 2. The Morgan fingerprint density at radius 1 is 1.23 bits per heavy atom. The van der Waals surface area contributed by atoms with Crippen LogP contribution >= 0.6 is 0 Å². The van der Waals surface area contributed by atoms with Crippen molar-refractivity contribution >= 4 is 17.7 Å². The molecule has 1 aliphatic rings. The minimum atomic E-state index is -0.108. The van der Waals surface area contributed by atoms with Crippen LogP contribution in [0.3, 0.4) is 0 Å². The highest BCUT2D eigenvalue weighted by atomic mass is 16.5. The number of aromatic nitrogens is 2. The third-order valence-corrected chi connectivity index (χ3v) is 3.47. The van der Waals surface area contributed by atoms with Gasteiger partial charge in [-0.3, -0.25) is 4.79 Å². The van der Waals surface area contributed by atoms with E-state index in [1.165, 1.54) is 0 Å². The summed E-state index contributed by atoms with van der Waals surface area (Å²) in [5.41, 5.74) is 13.3. The summed E-state index contributed by atoms with van der Waals surface area (Å²) in [6.07, 6.45) is 0.851. The van der Waals surface area contributed by atoms with E-state index in [9.17, 15) is 4.79 Å². The van der Waals surface area contributed by atoms with Crippen LogP contribution in [0.4, 0.5) is 11.8 Å². The average molecular weight is 299 g/mol. The van der Waals surface area contributed by atoms with Gasteiger partial charge in [-0.25, -0.2) is 4.98 Å². The largest absolute Gasteiger partial charge is 0.384 e. The van der Waals surface area contributed by atoms with Crippen LogP contribution in [0, 0.1) is 0 Å². The molecule has 1 atom stereocenters. The minimum absolute atomic E-state index is 0.0913. The number of anilines is 2. The van der Waals surface area contributed by atoms with Crippen molar-refractivity contribution in [2.45, 2.75) is 12.5 Å². The lowest BCUT2D eigenvalue weighted by molar-refractivity contribution is 0.0930. The standard InChI is InChI=1S/C15H17N5O2/c16-13-7-12(19-15(17)20-13)9-1-3-10(4-2-9)14(21)18-11-5-6-22-8-11/h1-4,7,11H,5-6,8H2,(H,18,21)(H4,16,17,19,20)/t11-/m0/s1. The molecule has 0 spiro atoms. The first kappa shape index (κ1) is 14.3. The lowest BCUT2D eigenvalue weighted by atomic mass is 10.1. The molecule has 1 aromatic heterocycles. The maximum Gasteiger partial charge on any atom is 0.251 e. The van der Waals surface area contributed by atoms with Gasteiger partial charge in [-0.15, -0.1) is 0 Å². The van der Waals surface area contributed by atoms with Crippen molar-refractivity contribution in [1.82, 2.24) is 15.3 Å².